The summed E-state index contributed by atoms with van der Waals surface area (Å²) in [6.07, 6.45) is 10.7. The van der Waals surface area contributed by atoms with Gasteiger partial charge in [0.2, 0.25) is 0 Å². The molecule has 168 valence electrons. The quantitative estimate of drug-likeness (QED) is 0.340. The lowest BCUT2D eigenvalue weighted by Crippen LogP contribution is -2.08. The summed E-state index contributed by atoms with van der Waals surface area (Å²) >= 11 is 1.57. The molecule has 0 spiro atoms. The molecule has 6 rings (SSSR count). The summed E-state index contributed by atoms with van der Waals surface area (Å²) in [5, 5.41) is 12.6. The molecule has 1 N–H and O–H groups in total. The second-order valence-electron chi connectivity index (χ2n) is 8.25. The summed E-state index contributed by atoms with van der Waals surface area (Å²) < 4.78 is 8.32. The number of benzene rings is 1. The number of rotatable bonds is 5. The highest BCUT2D eigenvalue weighted by molar-refractivity contribution is 7.19. The van der Waals surface area contributed by atoms with Crippen LogP contribution in [0.15, 0.2) is 79.0 Å². The van der Waals surface area contributed by atoms with Gasteiger partial charge in [0, 0.05) is 17.7 Å². The van der Waals surface area contributed by atoms with Crippen LogP contribution in [-0.2, 0) is 0 Å². The van der Waals surface area contributed by atoms with Crippen molar-refractivity contribution in [3.63, 3.8) is 0 Å². The molecule has 1 aliphatic rings. The Hall–Kier alpha value is -4.04. The number of allylic oxidation sites excluding steroid dienone is 4. The van der Waals surface area contributed by atoms with Crippen molar-refractivity contribution in [1.29, 1.82) is 0 Å². The van der Waals surface area contributed by atoms with Crippen LogP contribution < -0.4 is 4.74 Å². The van der Waals surface area contributed by atoms with Crippen LogP contribution in [0.2, 0.25) is 0 Å². The standard InChI is InChI=1S/C26H22N6OS/c1-16-9-3-5-12-20(16)33-21-13-6-4-10-18(21)23-24(25-27-15-28-30-25)34-26(29-23)22-17(2)31-32-14-8-7-11-19(22)32/h3-8,10-16H,9H2,1-2H3,(H,27,28,30). The van der Waals surface area contributed by atoms with Crippen LogP contribution >= 0.6 is 11.3 Å². The number of fused-ring (bicyclic) bond motifs is 1. The predicted octanol–water partition coefficient (Wildman–Crippen LogP) is 6.08. The Bertz CT molecular complexity index is 1540. The molecule has 0 saturated carbocycles. The number of aromatic amines is 1. The van der Waals surface area contributed by atoms with Crippen molar-refractivity contribution >= 4 is 16.9 Å². The zero-order valence-electron chi connectivity index (χ0n) is 18.8. The van der Waals surface area contributed by atoms with Crippen molar-refractivity contribution in [3.8, 4) is 38.3 Å². The van der Waals surface area contributed by atoms with E-state index in [1.165, 1.54) is 6.33 Å². The molecule has 34 heavy (non-hydrogen) atoms. The zero-order valence-corrected chi connectivity index (χ0v) is 19.6. The Morgan fingerprint density at radius 3 is 2.88 bits per heavy atom. The van der Waals surface area contributed by atoms with Gasteiger partial charge in [-0.05, 0) is 43.7 Å². The fourth-order valence-electron chi connectivity index (χ4n) is 4.20. The summed E-state index contributed by atoms with van der Waals surface area (Å²) in [7, 11) is 0. The molecule has 1 unspecified atom stereocenters. The molecule has 7 nitrogen and oxygen atoms in total. The van der Waals surface area contributed by atoms with E-state index in [1.54, 1.807) is 11.3 Å². The molecule has 1 atom stereocenters. The lowest BCUT2D eigenvalue weighted by atomic mass is 10.0. The highest BCUT2D eigenvalue weighted by Gasteiger charge is 2.24. The number of nitrogens with zero attached hydrogens (tertiary/aromatic N) is 5. The van der Waals surface area contributed by atoms with E-state index in [0.29, 0.717) is 11.7 Å². The molecule has 4 heterocycles. The molecule has 0 radical (unpaired) electrons. The Morgan fingerprint density at radius 1 is 1.15 bits per heavy atom. The van der Waals surface area contributed by atoms with Gasteiger partial charge in [-0.3, -0.25) is 5.10 Å². The smallest absolute Gasteiger partial charge is 0.167 e. The van der Waals surface area contributed by atoms with Crippen LogP contribution in [-0.4, -0.2) is 29.8 Å². The SMILES string of the molecule is Cc1nn2ccccc2c1-c1nc(-c2ccccc2OC2=CC=CCC2C)c(-c2ncn[nH]2)s1. The Balaban J connectivity index is 1.53. The van der Waals surface area contributed by atoms with Crippen molar-refractivity contribution < 1.29 is 4.74 Å². The fraction of sp³-hybridized carbons (Fsp3) is 0.154. The molecule has 1 aromatic carbocycles. The normalized spacial score (nSPS) is 15.6. The molecule has 1 aliphatic carbocycles. The van der Waals surface area contributed by atoms with E-state index < -0.39 is 0 Å². The minimum Gasteiger partial charge on any atom is -0.461 e. The summed E-state index contributed by atoms with van der Waals surface area (Å²) in [6, 6.07) is 14.1. The van der Waals surface area contributed by atoms with Gasteiger partial charge in [0.05, 0.1) is 27.3 Å². The number of nitrogens with one attached hydrogen (secondary N) is 1. The number of thiazole rings is 1. The van der Waals surface area contributed by atoms with E-state index in [4.69, 9.17) is 9.72 Å². The highest BCUT2D eigenvalue weighted by atomic mass is 32.1. The number of ether oxygens (including phenoxy) is 1. The molecule has 5 aromatic rings. The maximum atomic E-state index is 6.43. The molecule has 0 fully saturated rings. The first-order valence-electron chi connectivity index (χ1n) is 11.1. The molecule has 0 aliphatic heterocycles. The average Bonchev–Trinajstić information content (AvgIpc) is 3.58. The number of aryl methyl sites for hydroxylation is 1. The molecule has 0 saturated heterocycles. The maximum absolute atomic E-state index is 6.43. The number of hydrogen-bond acceptors (Lipinski definition) is 6. The van der Waals surface area contributed by atoms with E-state index >= 15 is 0 Å². The van der Waals surface area contributed by atoms with Crippen LogP contribution in [0, 0.1) is 12.8 Å². The Labute approximate surface area is 200 Å². The maximum Gasteiger partial charge on any atom is 0.167 e. The first-order chi connectivity index (χ1) is 16.7. The van der Waals surface area contributed by atoms with Gasteiger partial charge in [-0.25, -0.2) is 14.5 Å². The number of para-hydroxylation sites is 1. The number of pyridine rings is 1. The van der Waals surface area contributed by atoms with Crippen LogP contribution in [0.1, 0.15) is 19.0 Å². The van der Waals surface area contributed by atoms with Gasteiger partial charge in [-0.15, -0.1) is 11.3 Å². The highest BCUT2D eigenvalue weighted by Crippen LogP contribution is 2.44. The van der Waals surface area contributed by atoms with Crippen molar-refractivity contribution in [3.05, 3.63) is 84.7 Å². The van der Waals surface area contributed by atoms with Crippen LogP contribution in [0.3, 0.4) is 0 Å². The van der Waals surface area contributed by atoms with Crippen LogP contribution in [0.4, 0.5) is 0 Å². The van der Waals surface area contributed by atoms with Gasteiger partial charge in [0.15, 0.2) is 5.82 Å². The summed E-state index contributed by atoms with van der Waals surface area (Å²) in [5.41, 5.74) is 4.68. The fourth-order valence-corrected chi connectivity index (χ4v) is 5.34. The predicted molar refractivity (Wildman–Crippen MR) is 133 cm³/mol. The van der Waals surface area contributed by atoms with Crippen LogP contribution in [0.25, 0.3) is 38.0 Å². The Kier molecular flexibility index (Phi) is 5.07. The second kappa shape index (κ2) is 8.39. The summed E-state index contributed by atoms with van der Waals surface area (Å²) in [4.78, 5) is 10.5. The van der Waals surface area contributed by atoms with Crippen molar-refractivity contribution in [2.75, 3.05) is 0 Å². The average molecular weight is 467 g/mol. The molecular formula is C26H22N6OS. The van der Waals surface area contributed by atoms with E-state index in [9.17, 15) is 0 Å². The number of H-pyrrole nitrogens is 1. The first kappa shape index (κ1) is 20.6. The summed E-state index contributed by atoms with van der Waals surface area (Å²) in [6.45, 7) is 4.19. The third kappa shape index (κ3) is 3.52. The van der Waals surface area contributed by atoms with Gasteiger partial charge < -0.3 is 4.74 Å². The number of aromatic nitrogens is 6. The van der Waals surface area contributed by atoms with E-state index in [-0.39, 0.29) is 0 Å². The second-order valence-corrected chi connectivity index (χ2v) is 9.25. The van der Waals surface area contributed by atoms with E-state index in [2.05, 4.69) is 39.3 Å². The largest absolute Gasteiger partial charge is 0.461 e. The van der Waals surface area contributed by atoms with Gasteiger partial charge in [-0.1, -0.05) is 37.3 Å². The lowest BCUT2D eigenvalue weighted by Gasteiger charge is -2.19. The molecule has 0 amide bonds. The monoisotopic (exact) mass is 466 g/mol. The minimum absolute atomic E-state index is 0.319. The summed E-state index contributed by atoms with van der Waals surface area (Å²) in [5.74, 6) is 2.71. The van der Waals surface area contributed by atoms with Gasteiger partial charge in [0.25, 0.3) is 0 Å². The topological polar surface area (TPSA) is 81.0 Å². The third-order valence-corrected chi connectivity index (χ3v) is 7.01. The van der Waals surface area contributed by atoms with Crippen molar-refractivity contribution in [2.24, 2.45) is 5.92 Å². The molecule has 0 bridgehead atoms. The Morgan fingerprint density at radius 2 is 2.03 bits per heavy atom. The van der Waals surface area contributed by atoms with Gasteiger partial charge >= 0.3 is 0 Å². The first-order valence-corrected chi connectivity index (χ1v) is 12.0. The van der Waals surface area contributed by atoms with Gasteiger partial charge in [-0.2, -0.15) is 10.2 Å². The van der Waals surface area contributed by atoms with Crippen molar-refractivity contribution in [2.45, 2.75) is 20.3 Å². The molecular weight excluding hydrogens is 444 g/mol. The third-order valence-electron chi connectivity index (χ3n) is 5.93. The minimum atomic E-state index is 0.319. The zero-order chi connectivity index (χ0) is 23.1. The van der Waals surface area contributed by atoms with Crippen molar-refractivity contribution in [1.82, 2.24) is 29.8 Å². The molecule has 4 aromatic heterocycles. The van der Waals surface area contributed by atoms with Crippen LogP contribution in [0.5, 0.6) is 5.75 Å². The van der Waals surface area contributed by atoms with E-state index in [0.717, 1.165) is 55.8 Å². The lowest BCUT2D eigenvalue weighted by molar-refractivity contribution is 0.357. The van der Waals surface area contributed by atoms with Gasteiger partial charge in [0.1, 0.15) is 22.8 Å². The molecule has 8 heteroatoms. The van der Waals surface area contributed by atoms with E-state index in [1.807, 2.05) is 66.2 Å². The number of hydrogen-bond donors (Lipinski definition) is 1.